The predicted molar refractivity (Wildman–Crippen MR) is 92.2 cm³/mol. The number of hydrogen-bond donors (Lipinski definition) is 0. The van der Waals surface area contributed by atoms with E-state index in [1.54, 1.807) is 10.9 Å². The number of fused-ring (bicyclic) bond motifs is 1. The van der Waals surface area contributed by atoms with Gasteiger partial charge in [-0.1, -0.05) is 37.6 Å². The zero-order valence-electron chi connectivity index (χ0n) is 13.9. The molecule has 3 aromatic rings. The summed E-state index contributed by atoms with van der Waals surface area (Å²) in [4.78, 5) is 29.3. The van der Waals surface area contributed by atoms with Crippen molar-refractivity contribution in [1.82, 2.24) is 19.3 Å². The van der Waals surface area contributed by atoms with E-state index in [9.17, 15) is 9.59 Å². The van der Waals surface area contributed by atoms with Crippen LogP contribution < -0.4 is 5.56 Å². The van der Waals surface area contributed by atoms with Gasteiger partial charge in [-0.25, -0.2) is 4.98 Å². The van der Waals surface area contributed by atoms with Gasteiger partial charge in [-0.3, -0.25) is 18.8 Å². The van der Waals surface area contributed by atoms with Crippen molar-refractivity contribution in [3.8, 4) is 0 Å². The molecular weight excluding hydrogens is 304 g/mol. The van der Waals surface area contributed by atoms with Crippen LogP contribution in [0.2, 0.25) is 0 Å². The summed E-state index contributed by atoms with van der Waals surface area (Å²) in [5.41, 5.74) is 2.56. The number of carbonyl (C=O) groups excluding carboxylic acids is 1. The van der Waals surface area contributed by atoms with Crippen LogP contribution in [0.4, 0.5) is 0 Å². The summed E-state index contributed by atoms with van der Waals surface area (Å²) in [5.74, 6) is -0.108. The van der Waals surface area contributed by atoms with Gasteiger partial charge >= 0.3 is 0 Å². The molecule has 2 heterocycles. The minimum absolute atomic E-state index is 0.0240. The van der Waals surface area contributed by atoms with Gasteiger partial charge in [-0.15, -0.1) is 0 Å². The first-order valence-corrected chi connectivity index (χ1v) is 8.17. The van der Waals surface area contributed by atoms with Crippen LogP contribution in [-0.2, 0) is 19.5 Å². The maximum absolute atomic E-state index is 12.6. The average molecular weight is 324 g/mol. The second-order valence-electron chi connectivity index (χ2n) is 5.74. The maximum Gasteiger partial charge on any atom is 0.279 e. The van der Waals surface area contributed by atoms with E-state index < -0.39 is 0 Å². The van der Waals surface area contributed by atoms with Crippen LogP contribution in [-0.4, -0.2) is 25.1 Å². The Morgan fingerprint density at radius 1 is 1.17 bits per heavy atom. The monoisotopic (exact) mass is 324 g/mol. The second kappa shape index (κ2) is 6.78. The molecule has 0 bridgehead atoms. The van der Waals surface area contributed by atoms with E-state index in [4.69, 9.17) is 0 Å². The van der Waals surface area contributed by atoms with Crippen LogP contribution in [0.3, 0.4) is 0 Å². The lowest BCUT2D eigenvalue weighted by atomic mass is 10.1. The van der Waals surface area contributed by atoms with E-state index in [-0.39, 0.29) is 17.9 Å². The number of rotatable bonds is 6. The van der Waals surface area contributed by atoms with E-state index in [2.05, 4.69) is 17.0 Å². The minimum Gasteiger partial charge on any atom is -0.292 e. The Kier molecular flexibility index (Phi) is 4.55. The van der Waals surface area contributed by atoms with E-state index >= 15 is 0 Å². The zero-order chi connectivity index (χ0) is 17.1. The minimum atomic E-state index is -0.240. The molecule has 0 N–H and O–H groups in total. The Balaban J connectivity index is 1.87. The van der Waals surface area contributed by atoms with E-state index in [1.807, 2.05) is 31.2 Å². The standard InChI is InChI=1S/C18H20N4O2/c1-3-5-13-6-8-14(9-7-13)16(23)11-21-12-19-15-10-20-22(4-2)17(15)18(21)24/h6-10,12H,3-5,11H2,1-2H3. The van der Waals surface area contributed by atoms with Gasteiger partial charge in [0.1, 0.15) is 5.52 Å². The number of aryl methyl sites for hydroxylation is 2. The third kappa shape index (κ3) is 2.99. The Hall–Kier alpha value is -2.76. The highest BCUT2D eigenvalue weighted by Crippen LogP contribution is 2.09. The molecule has 3 rings (SSSR count). The molecule has 0 fully saturated rings. The van der Waals surface area contributed by atoms with Crippen molar-refractivity contribution < 1.29 is 4.79 Å². The van der Waals surface area contributed by atoms with Gasteiger partial charge in [0, 0.05) is 12.1 Å². The first kappa shape index (κ1) is 16.1. The largest absolute Gasteiger partial charge is 0.292 e. The first-order chi connectivity index (χ1) is 11.6. The maximum atomic E-state index is 12.6. The number of aromatic nitrogens is 4. The lowest BCUT2D eigenvalue weighted by molar-refractivity contribution is 0.0970. The number of ketones is 1. The molecule has 0 radical (unpaired) electrons. The Bertz CT molecular complexity index is 922. The molecule has 0 amide bonds. The molecule has 0 atom stereocenters. The van der Waals surface area contributed by atoms with Crippen LogP contribution >= 0.6 is 0 Å². The van der Waals surface area contributed by atoms with E-state index in [0.29, 0.717) is 23.1 Å². The summed E-state index contributed by atoms with van der Waals surface area (Å²) >= 11 is 0. The van der Waals surface area contributed by atoms with Gasteiger partial charge in [-0.05, 0) is 18.9 Å². The van der Waals surface area contributed by atoms with E-state index in [0.717, 1.165) is 12.8 Å². The lowest BCUT2D eigenvalue weighted by Gasteiger charge is -2.06. The summed E-state index contributed by atoms with van der Waals surface area (Å²) in [5, 5.41) is 4.14. The van der Waals surface area contributed by atoms with Crippen LogP contribution in [0.1, 0.15) is 36.2 Å². The molecule has 0 unspecified atom stereocenters. The number of Topliss-reactive ketones (excluding diaryl/α,β-unsaturated/α-hetero) is 1. The molecule has 0 spiro atoms. The SMILES string of the molecule is CCCc1ccc(C(=O)Cn2cnc3cnn(CC)c3c2=O)cc1. The summed E-state index contributed by atoms with van der Waals surface area (Å²) in [7, 11) is 0. The van der Waals surface area contributed by atoms with Gasteiger partial charge in [0.05, 0.1) is 19.1 Å². The van der Waals surface area contributed by atoms with Gasteiger partial charge in [0.25, 0.3) is 5.56 Å². The molecule has 124 valence electrons. The fourth-order valence-electron chi connectivity index (χ4n) is 2.75. The van der Waals surface area contributed by atoms with Crippen LogP contribution in [0.15, 0.2) is 41.6 Å². The molecule has 0 saturated carbocycles. The number of benzene rings is 1. The summed E-state index contributed by atoms with van der Waals surface area (Å²) in [6.07, 6.45) is 5.05. The molecule has 24 heavy (non-hydrogen) atoms. The highest BCUT2D eigenvalue weighted by atomic mass is 16.1. The fourth-order valence-corrected chi connectivity index (χ4v) is 2.75. The molecule has 0 aliphatic heterocycles. The molecule has 1 aromatic carbocycles. The summed E-state index contributed by atoms with van der Waals surface area (Å²) in [6.45, 7) is 4.59. The van der Waals surface area contributed by atoms with Crippen molar-refractivity contribution in [2.45, 2.75) is 39.8 Å². The zero-order valence-corrected chi connectivity index (χ0v) is 13.9. The molecule has 2 aromatic heterocycles. The van der Waals surface area contributed by atoms with Crippen molar-refractivity contribution in [3.63, 3.8) is 0 Å². The lowest BCUT2D eigenvalue weighted by Crippen LogP contribution is -2.26. The van der Waals surface area contributed by atoms with Crippen molar-refractivity contribution in [2.24, 2.45) is 0 Å². The number of carbonyl (C=O) groups is 1. The van der Waals surface area contributed by atoms with E-state index in [1.165, 1.54) is 16.5 Å². The van der Waals surface area contributed by atoms with Gasteiger partial charge in [0.15, 0.2) is 11.3 Å². The van der Waals surface area contributed by atoms with Crippen LogP contribution in [0.25, 0.3) is 11.0 Å². The topological polar surface area (TPSA) is 69.8 Å². The van der Waals surface area contributed by atoms with Gasteiger partial charge in [-0.2, -0.15) is 5.10 Å². The third-order valence-electron chi connectivity index (χ3n) is 4.05. The summed E-state index contributed by atoms with van der Waals surface area (Å²) in [6, 6.07) is 7.57. The van der Waals surface area contributed by atoms with Crippen molar-refractivity contribution in [3.05, 3.63) is 58.3 Å². The first-order valence-electron chi connectivity index (χ1n) is 8.17. The molecule has 0 aliphatic carbocycles. The van der Waals surface area contributed by atoms with Crippen LogP contribution in [0, 0.1) is 0 Å². The normalized spacial score (nSPS) is 11.1. The van der Waals surface area contributed by atoms with Crippen LogP contribution in [0.5, 0.6) is 0 Å². The highest BCUT2D eigenvalue weighted by molar-refractivity contribution is 5.96. The Morgan fingerprint density at radius 2 is 1.92 bits per heavy atom. The second-order valence-corrected chi connectivity index (χ2v) is 5.74. The molecular formula is C18H20N4O2. The number of nitrogens with zero attached hydrogens (tertiary/aromatic N) is 4. The van der Waals surface area contributed by atoms with Crippen molar-refractivity contribution in [2.75, 3.05) is 0 Å². The molecule has 6 nitrogen and oxygen atoms in total. The van der Waals surface area contributed by atoms with Crippen molar-refractivity contribution >= 4 is 16.8 Å². The van der Waals surface area contributed by atoms with Gasteiger partial charge < -0.3 is 0 Å². The molecule has 0 aliphatic rings. The smallest absolute Gasteiger partial charge is 0.279 e. The Morgan fingerprint density at radius 3 is 2.58 bits per heavy atom. The summed E-state index contributed by atoms with van der Waals surface area (Å²) < 4.78 is 2.95. The fraction of sp³-hybridized carbons (Fsp3) is 0.333. The highest BCUT2D eigenvalue weighted by Gasteiger charge is 2.13. The quantitative estimate of drug-likeness (QED) is 0.653. The average Bonchev–Trinajstić information content (AvgIpc) is 3.02. The Labute approximate surface area is 139 Å². The number of hydrogen-bond acceptors (Lipinski definition) is 4. The molecule has 0 saturated heterocycles. The third-order valence-corrected chi connectivity index (χ3v) is 4.05. The molecule has 6 heteroatoms. The van der Waals surface area contributed by atoms with Gasteiger partial charge in [0.2, 0.25) is 0 Å². The predicted octanol–water partition coefficient (Wildman–Crippen LogP) is 2.45. The van der Waals surface area contributed by atoms with Crippen molar-refractivity contribution in [1.29, 1.82) is 0 Å².